The summed E-state index contributed by atoms with van der Waals surface area (Å²) in [5.41, 5.74) is 12.5. The lowest BCUT2D eigenvalue weighted by Crippen LogP contribution is -2.54. The number of hydrogen-bond donors (Lipinski definition) is 12. The largest absolute Gasteiger partial charge is 0.368 e. The SMILES string of the molecule is CC(C)C(CC(=O)NO)C(=O)N[C@@H](CCCCN)C(=O)N[C@@H](C)C(=O)NCC(=O)NCC(=O)N[C@@H](CCCCNC(=O)CCCC[C@@H]1SC[C@@H]2NC(=O)N[C@@H]21)C(N)=O. The molecular weight excluding hydrogens is 779 g/mol. The van der Waals surface area contributed by atoms with E-state index < -0.39 is 78.5 Å². The molecule has 0 bridgehead atoms. The maximum atomic E-state index is 13.1. The molecule has 14 N–H and O–H groups in total. The molecule has 22 heteroatoms. The maximum absolute atomic E-state index is 13.1. The highest BCUT2D eigenvalue weighted by molar-refractivity contribution is 8.00. The third kappa shape index (κ3) is 18.3. The summed E-state index contributed by atoms with van der Waals surface area (Å²) < 4.78 is 0. The summed E-state index contributed by atoms with van der Waals surface area (Å²) in [6.45, 7) is 4.51. The van der Waals surface area contributed by atoms with Crippen molar-refractivity contribution in [1.29, 1.82) is 0 Å². The van der Waals surface area contributed by atoms with Gasteiger partial charge in [0.2, 0.25) is 47.3 Å². The fourth-order valence-corrected chi connectivity index (χ4v) is 8.00. The van der Waals surface area contributed by atoms with Crippen LogP contribution >= 0.6 is 11.8 Å². The molecule has 10 amide bonds. The van der Waals surface area contributed by atoms with E-state index in [1.54, 1.807) is 13.8 Å². The minimum atomic E-state index is -1.13. The Morgan fingerprint density at radius 3 is 2.12 bits per heavy atom. The van der Waals surface area contributed by atoms with E-state index in [0.29, 0.717) is 50.4 Å². The Balaban J connectivity index is 1.66. The van der Waals surface area contributed by atoms with E-state index >= 15 is 0 Å². The maximum Gasteiger partial charge on any atom is 0.315 e. The van der Waals surface area contributed by atoms with Gasteiger partial charge < -0.3 is 54.0 Å². The highest BCUT2D eigenvalue weighted by Gasteiger charge is 2.42. The number of unbranched alkanes of at least 4 members (excludes halogenated alkanes) is 3. The number of thioether (sulfide) groups is 1. The quantitative estimate of drug-likeness (QED) is 0.0168. The number of carbonyl (C=O) groups is 9. The zero-order valence-electron chi connectivity index (χ0n) is 33.6. The Kier molecular flexibility index (Phi) is 22.4. The van der Waals surface area contributed by atoms with Gasteiger partial charge in [-0.2, -0.15) is 11.8 Å². The molecule has 58 heavy (non-hydrogen) atoms. The molecule has 0 saturated carbocycles. The van der Waals surface area contributed by atoms with Gasteiger partial charge in [-0.1, -0.05) is 20.3 Å². The van der Waals surface area contributed by atoms with Crippen LogP contribution in [0.25, 0.3) is 0 Å². The number of nitrogens with two attached hydrogens (primary N) is 2. The van der Waals surface area contributed by atoms with Gasteiger partial charge in [-0.05, 0) is 70.8 Å². The van der Waals surface area contributed by atoms with Crippen molar-refractivity contribution in [2.75, 3.05) is 31.9 Å². The summed E-state index contributed by atoms with van der Waals surface area (Å²) in [5.74, 6) is -5.23. The molecule has 21 nitrogen and oxygen atoms in total. The van der Waals surface area contributed by atoms with E-state index in [9.17, 15) is 43.2 Å². The summed E-state index contributed by atoms with van der Waals surface area (Å²) in [5, 5.41) is 30.2. The lowest BCUT2D eigenvalue weighted by Gasteiger charge is -2.25. The zero-order valence-corrected chi connectivity index (χ0v) is 34.4. The van der Waals surface area contributed by atoms with Gasteiger partial charge in [-0.3, -0.25) is 43.6 Å². The molecule has 0 aromatic carbocycles. The molecule has 0 aromatic heterocycles. The van der Waals surface area contributed by atoms with Crippen LogP contribution in [0.4, 0.5) is 4.79 Å². The van der Waals surface area contributed by atoms with Crippen LogP contribution in [0.5, 0.6) is 0 Å². The average Bonchev–Trinajstić information content (AvgIpc) is 3.74. The number of urea groups is 1. The van der Waals surface area contributed by atoms with Crippen LogP contribution in [0, 0.1) is 11.8 Å². The first kappa shape index (κ1) is 49.4. The minimum Gasteiger partial charge on any atom is -0.368 e. The smallest absolute Gasteiger partial charge is 0.315 e. The molecule has 0 aromatic rings. The first-order valence-corrected chi connectivity index (χ1v) is 20.9. The van der Waals surface area contributed by atoms with Crippen LogP contribution in [0.1, 0.15) is 91.4 Å². The van der Waals surface area contributed by atoms with Crippen molar-refractivity contribution in [3.8, 4) is 0 Å². The number of carbonyl (C=O) groups excluding carboxylic acids is 9. The number of primary amides is 1. The molecule has 2 aliphatic rings. The van der Waals surface area contributed by atoms with Gasteiger partial charge in [-0.15, -0.1) is 0 Å². The van der Waals surface area contributed by atoms with Gasteiger partial charge in [0.15, 0.2) is 0 Å². The molecule has 0 spiro atoms. The van der Waals surface area contributed by atoms with Crippen molar-refractivity contribution in [2.45, 2.75) is 127 Å². The topological polar surface area (TPSA) is 334 Å². The number of hydrogen-bond acceptors (Lipinski definition) is 12. The van der Waals surface area contributed by atoms with Crippen molar-refractivity contribution in [1.82, 2.24) is 48.0 Å². The molecule has 2 aliphatic heterocycles. The van der Waals surface area contributed by atoms with E-state index in [2.05, 4.69) is 42.5 Å². The summed E-state index contributed by atoms with van der Waals surface area (Å²) in [7, 11) is 0. The summed E-state index contributed by atoms with van der Waals surface area (Å²) >= 11 is 1.84. The molecule has 2 heterocycles. The minimum absolute atomic E-state index is 0.0768. The first-order valence-electron chi connectivity index (χ1n) is 19.9. The number of amides is 10. The lowest BCUT2D eigenvalue weighted by atomic mass is 9.90. The van der Waals surface area contributed by atoms with Gasteiger partial charge >= 0.3 is 6.03 Å². The van der Waals surface area contributed by atoms with Gasteiger partial charge in [-0.25, -0.2) is 10.3 Å². The van der Waals surface area contributed by atoms with Crippen molar-refractivity contribution in [3.05, 3.63) is 0 Å². The normalized spacial score (nSPS) is 18.9. The summed E-state index contributed by atoms with van der Waals surface area (Å²) in [4.78, 5) is 111. The molecule has 2 rings (SSSR count). The van der Waals surface area contributed by atoms with Gasteiger partial charge in [0.05, 0.1) is 25.2 Å². The van der Waals surface area contributed by atoms with Crippen molar-refractivity contribution in [3.63, 3.8) is 0 Å². The molecule has 2 saturated heterocycles. The predicted molar refractivity (Wildman–Crippen MR) is 213 cm³/mol. The second-order valence-corrected chi connectivity index (χ2v) is 16.2. The Morgan fingerprint density at radius 2 is 1.45 bits per heavy atom. The van der Waals surface area contributed by atoms with Crippen LogP contribution < -0.4 is 59.5 Å². The van der Waals surface area contributed by atoms with Crippen LogP contribution in [0.15, 0.2) is 0 Å². The first-order chi connectivity index (χ1) is 27.6. The Morgan fingerprint density at radius 1 is 0.759 bits per heavy atom. The lowest BCUT2D eigenvalue weighted by molar-refractivity contribution is -0.137. The highest BCUT2D eigenvalue weighted by atomic mass is 32.2. The summed E-state index contributed by atoms with van der Waals surface area (Å²) in [6.07, 6.45) is 5.09. The fourth-order valence-electron chi connectivity index (χ4n) is 6.45. The Hall–Kier alpha value is -4.70. The molecule has 1 unspecified atom stereocenters. The fraction of sp³-hybridized carbons (Fsp3) is 0.750. The van der Waals surface area contributed by atoms with Gasteiger partial charge in [0, 0.05) is 36.3 Å². The van der Waals surface area contributed by atoms with E-state index in [-0.39, 0.29) is 49.2 Å². The second-order valence-electron chi connectivity index (χ2n) is 14.9. The molecule has 0 radical (unpaired) electrons. The Labute approximate surface area is 342 Å². The number of hydroxylamine groups is 1. The van der Waals surface area contributed by atoms with Gasteiger partial charge in [0.25, 0.3) is 0 Å². The van der Waals surface area contributed by atoms with Gasteiger partial charge in [0.1, 0.15) is 18.1 Å². The highest BCUT2D eigenvalue weighted by Crippen LogP contribution is 2.33. The third-order valence-electron chi connectivity index (χ3n) is 9.87. The molecule has 0 aliphatic carbocycles. The zero-order chi connectivity index (χ0) is 43.2. The predicted octanol–water partition coefficient (Wildman–Crippen LogP) is -2.51. The van der Waals surface area contributed by atoms with E-state index in [1.807, 2.05) is 11.8 Å². The van der Waals surface area contributed by atoms with E-state index in [4.69, 9.17) is 16.7 Å². The Bertz CT molecular complexity index is 1440. The summed E-state index contributed by atoms with van der Waals surface area (Å²) in [6, 6.07) is -2.99. The molecular formula is C36H63N11O10S. The van der Waals surface area contributed by atoms with Crippen LogP contribution in [-0.2, 0) is 38.4 Å². The molecule has 7 atom stereocenters. The van der Waals surface area contributed by atoms with E-state index in [0.717, 1.165) is 25.0 Å². The third-order valence-corrected chi connectivity index (χ3v) is 11.4. The number of rotatable bonds is 28. The van der Waals surface area contributed by atoms with Crippen LogP contribution in [-0.4, -0.2) is 126 Å². The van der Waals surface area contributed by atoms with Crippen molar-refractivity contribution < 1.29 is 48.4 Å². The van der Waals surface area contributed by atoms with Crippen molar-refractivity contribution >= 4 is 65.1 Å². The average molecular weight is 842 g/mol. The second kappa shape index (κ2) is 26.3. The number of fused-ring (bicyclic) bond motifs is 1. The monoisotopic (exact) mass is 841 g/mol. The molecule has 2 fully saturated rings. The molecule has 328 valence electrons. The van der Waals surface area contributed by atoms with Crippen LogP contribution in [0.2, 0.25) is 0 Å². The number of nitrogens with one attached hydrogen (secondary N) is 9. The standard InChI is InChI=1S/C36H63N11O10S/c1-20(2)22(16-28(49)47-57)34(54)44-24(11-6-8-14-37)35(55)42-21(3)33(53)41-17-29(50)40-18-30(51)43-23(32(38)52)10-7-9-15-39-27(48)13-5-4-12-26-31-25(19-58-26)45-36(56)46-31/h20-26,31,57H,4-19,37H2,1-3H3,(H2,38,52)(H,39,48)(H,40,50)(H,41,53)(H,42,55)(H,43,51)(H,44,54)(H,47,49)(H2,45,46,56)/t21-,22?,23-,24-,25-,26-,31-/m0/s1. The van der Waals surface area contributed by atoms with E-state index in [1.165, 1.54) is 12.4 Å². The van der Waals surface area contributed by atoms with Crippen LogP contribution in [0.3, 0.4) is 0 Å². The van der Waals surface area contributed by atoms with Crippen molar-refractivity contribution in [2.24, 2.45) is 23.3 Å².